The van der Waals surface area contributed by atoms with Gasteiger partial charge in [0.05, 0.1) is 46.0 Å². The number of likely N-dealkylation sites (tertiary alicyclic amines) is 1. The number of hydrogen-bond donors (Lipinski definition) is 4. The van der Waals surface area contributed by atoms with Crippen LogP contribution < -0.4 is 25.4 Å². The van der Waals surface area contributed by atoms with Crippen LogP contribution in [0.15, 0.2) is 72.2 Å². The number of aromatic nitrogens is 1. The van der Waals surface area contributed by atoms with Crippen molar-refractivity contribution in [2.24, 2.45) is 16.2 Å². The third-order valence-corrected chi connectivity index (χ3v) is 13.5. The first-order valence-electron chi connectivity index (χ1n) is 21.7. The third-order valence-electron chi connectivity index (χ3n) is 12.2. The summed E-state index contributed by atoms with van der Waals surface area (Å²) < 4.78 is 17.8. The first kappa shape index (κ1) is 48.9. The molecule has 3 aromatic carbocycles. The molecule has 6 rings (SSSR count). The maximum Gasteiger partial charge on any atom is 0.251 e. The number of carbonyl (C=O) groups excluding carboxylic acids is 4. The van der Waals surface area contributed by atoms with E-state index in [2.05, 4.69) is 27.0 Å². The molecule has 1 aromatic heterocycles. The van der Waals surface area contributed by atoms with Crippen molar-refractivity contribution in [2.75, 3.05) is 26.4 Å². The lowest BCUT2D eigenvalue weighted by molar-refractivity contribution is -0.164. The SMILES string of the molecule is Cc1ncsc1-c1ccc(CNC(=O)[C@@H]2C[C@@H](O)CN2C(=O)C(NC(=O)COCCCOc2ccc(C(=O)N[C@H]3C(C)(C)[C@H](Oc4ccc(C#N)c(Cl)c4)C3(C)C)cc2)C(C)(C)C)cc1. The van der Waals surface area contributed by atoms with Crippen LogP contribution >= 0.6 is 22.9 Å². The Bertz CT molecular complexity index is 2370. The number of nitrogens with zero attached hydrogens (tertiary/aromatic N) is 3. The quantitative estimate of drug-likeness (QED) is 0.0815. The summed E-state index contributed by atoms with van der Waals surface area (Å²) in [5, 5.41) is 29.0. The lowest BCUT2D eigenvalue weighted by Crippen LogP contribution is -2.74. The standard InChI is InChI=1S/C49H59ClN6O8S/c1-29-40(65-28-53-29)31-12-10-30(11-13-31)25-52-43(60)38-22-34(57)26-56(38)44(61)41(47(2,3)4)54-39(58)27-62-20-9-21-63-35-17-14-32(15-18-35)42(59)55-45-48(5,6)46(49(45,7)8)64-36-19-16-33(24-51)37(50)23-36/h10-19,23,28,34,38,41,45-46,57H,9,20-22,25-27H2,1-8H3,(H,52,60)(H,54,58)(H,55,59)/t34-,38+,41?,45-,46-/m1/s1. The van der Waals surface area contributed by atoms with Crippen molar-refractivity contribution < 1.29 is 38.5 Å². The molecule has 14 nitrogen and oxygen atoms in total. The molecule has 346 valence electrons. The number of carbonyl (C=O) groups is 4. The minimum atomic E-state index is -0.979. The topological polar surface area (TPSA) is 192 Å². The van der Waals surface area contributed by atoms with Gasteiger partial charge in [-0.2, -0.15) is 5.26 Å². The number of hydrogen-bond acceptors (Lipinski definition) is 11. The number of nitrogens with one attached hydrogen (secondary N) is 3. The number of aryl methyl sites for hydroxylation is 1. The summed E-state index contributed by atoms with van der Waals surface area (Å²) in [6, 6.07) is 19.7. The molecule has 1 aliphatic carbocycles. The van der Waals surface area contributed by atoms with Crippen LogP contribution in [-0.2, 0) is 25.7 Å². The second-order valence-electron chi connectivity index (χ2n) is 19.0. The van der Waals surface area contributed by atoms with Gasteiger partial charge in [-0.25, -0.2) is 4.98 Å². The summed E-state index contributed by atoms with van der Waals surface area (Å²) in [7, 11) is 0. The zero-order chi connectivity index (χ0) is 47.3. The van der Waals surface area contributed by atoms with Gasteiger partial charge >= 0.3 is 0 Å². The molecule has 2 aliphatic rings. The molecule has 2 fully saturated rings. The molecule has 0 spiro atoms. The van der Waals surface area contributed by atoms with E-state index in [-0.39, 0.29) is 56.7 Å². The van der Waals surface area contributed by atoms with Crippen LogP contribution in [0.3, 0.4) is 0 Å². The first-order chi connectivity index (χ1) is 30.7. The molecule has 3 atom stereocenters. The van der Waals surface area contributed by atoms with Crippen molar-refractivity contribution in [1.82, 2.24) is 25.8 Å². The lowest BCUT2D eigenvalue weighted by atomic mass is 9.49. The molecule has 4 amide bonds. The monoisotopic (exact) mass is 926 g/mol. The van der Waals surface area contributed by atoms with E-state index in [0.29, 0.717) is 40.7 Å². The van der Waals surface area contributed by atoms with Crippen LogP contribution in [0, 0.1) is 34.5 Å². The van der Waals surface area contributed by atoms with Crippen molar-refractivity contribution in [3.05, 3.63) is 99.6 Å². The highest BCUT2D eigenvalue weighted by molar-refractivity contribution is 7.13. The van der Waals surface area contributed by atoms with Crippen molar-refractivity contribution in [1.29, 1.82) is 5.26 Å². The molecule has 16 heteroatoms. The fraction of sp³-hybridized carbons (Fsp3) is 0.469. The van der Waals surface area contributed by atoms with Crippen LogP contribution in [0.5, 0.6) is 11.5 Å². The maximum absolute atomic E-state index is 14.0. The zero-order valence-electron chi connectivity index (χ0n) is 38.2. The van der Waals surface area contributed by atoms with Crippen LogP contribution in [0.1, 0.15) is 88.5 Å². The van der Waals surface area contributed by atoms with Crippen molar-refractivity contribution in [3.63, 3.8) is 0 Å². The molecule has 1 saturated heterocycles. The summed E-state index contributed by atoms with van der Waals surface area (Å²) in [6.45, 7) is 16.1. The Morgan fingerprint density at radius 3 is 2.29 bits per heavy atom. The number of amides is 4. The largest absolute Gasteiger partial charge is 0.494 e. The van der Waals surface area contributed by atoms with Gasteiger partial charge in [0.25, 0.3) is 5.91 Å². The average Bonchev–Trinajstić information content (AvgIpc) is 3.88. The van der Waals surface area contributed by atoms with Gasteiger partial charge in [-0.1, -0.05) is 84.3 Å². The highest BCUT2D eigenvalue weighted by atomic mass is 35.5. The highest BCUT2D eigenvalue weighted by Crippen LogP contribution is 2.55. The molecule has 0 radical (unpaired) electrons. The first-order valence-corrected chi connectivity index (χ1v) is 23.0. The summed E-state index contributed by atoms with van der Waals surface area (Å²) in [6.07, 6.45) is -0.550. The molecule has 4 N–H and O–H groups in total. The highest BCUT2D eigenvalue weighted by Gasteiger charge is 2.64. The van der Waals surface area contributed by atoms with E-state index in [1.165, 1.54) is 4.90 Å². The third kappa shape index (κ3) is 11.5. The van der Waals surface area contributed by atoms with E-state index < -0.39 is 46.2 Å². The van der Waals surface area contributed by atoms with Crippen LogP contribution in [0.2, 0.25) is 5.02 Å². The number of ether oxygens (including phenoxy) is 3. The Morgan fingerprint density at radius 2 is 1.68 bits per heavy atom. The fourth-order valence-electron chi connectivity index (χ4n) is 9.01. The van der Waals surface area contributed by atoms with Crippen molar-refractivity contribution >= 4 is 46.6 Å². The molecular weight excluding hydrogens is 868 g/mol. The van der Waals surface area contributed by atoms with Crippen molar-refractivity contribution in [2.45, 2.75) is 105 Å². The molecule has 0 bridgehead atoms. The number of halogens is 1. The Kier molecular flexibility index (Phi) is 15.3. The summed E-state index contributed by atoms with van der Waals surface area (Å²) >= 11 is 7.80. The summed E-state index contributed by atoms with van der Waals surface area (Å²) in [5.74, 6) is -0.408. The van der Waals surface area contributed by atoms with Crippen LogP contribution in [0.4, 0.5) is 0 Å². The van der Waals surface area contributed by atoms with E-state index in [1.54, 1.807) is 53.8 Å². The minimum absolute atomic E-state index is 0.0262. The Balaban J connectivity index is 0.915. The van der Waals surface area contributed by atoms with Gasteiger partial charge in [0, 0.05) is 54.4 Å². The van der Waals surface area contributed by atoms with E-state index in [9.17, 15) is 29.5 Å². The van der Waals surface area contributed by atoms with Gasteiger partial charge in [-0.3, -0.25) is 19.2 Å². The minimum Gasteiger partial charge on any atom is -0.494 e. The molecule has 1 unspecified atom stereocenters. The second-order valence-corrected chi connectivity index (χ2v) is 20.3. The number of nitriles is 1. The molecule has 1 aliphatic heterocycles. The maximum atomic E-state index is 14.0. The normalized spacial score (nSPS) is 20.2. The smallest absolute Gasteiger partial charge is 0.251 e. The molecule has 4 aromatic rings. The second kappa shape index (κ2) is 20.3. The van der Waals surface area contributed by atoms with Gasteiger partial charge in [0.15, 0.2) is 0 Å². The number of aliphatic hydroxyl groups is 1. The fourth-order valence-corrected chi connectivity index (χ4v) is 10.0. The molecule has 65 heavy (non-hydrogen) atoms. The Hall–Kier alpha value is -5.53. The summed E-state index contributed by atoms with van der Waals surface area (Å²) in [5.41, 5.74) is 4.03. The predicted octanol–water partition coefficient (Wildman–Crippen LogP) is 6.85. The van der Waals surface area contributed by atoms with Gasteiger partial charge in [-0.05, 0) is 59.9 Å². The van der Waals surface area contributed by atoms with E-state index in [1.807, 2.05) is 85.2 Å². The number of thiazole rings is 1. The zero-order valence-corrected chi connectivity index (χ0v) is 39.8. The lowest BCUT2D eigenvalue weighted by Gasteiger charge is -2.63. The van der Waals surface area contributed by atoms with E-state index >= 15 is 0 Å². The van der Waals surface area contributed by atoms with Crippen molar-refractivity contribution in [3.8, 4) is 28.0 Å². The number of rotatable bonds is 17. The van der Waals surface area contributed by atoms with Gasteiger partial charge in [0.2, 0.25) is 17.7 Å². The molecule has 1 saturated carbocycles. The predicted molar refractivity (Wildman–Crippen MR) is 248 cm³/mol. The number of benzene rings is 3. The van der Waals surface area contributed by atoms with Crippen LogP contribution in [-0.4, -0.2) is 95.3 Å². The molecule has 2 heterocycles. The summed E-state index contributed by atoms with van der Waals surface area (Å²) in [4.78, 5) is 60.6. The Morgan fingerprint density at radius 1 is 1.00 bits per heavy atom. The number of β-amino-alcohol motifs (C(OH)–C–C–N with tert-alkyl or cyclic N) is 1. The van der Waals surface area contributed by atoms with E-state index in [0.717, 1.165) is 21.7 Å². The van der Waals surface area contributed by atoms with Gasteiger partial charge in [0.1, 0.15) is 42.4 Å². The van der Waals surface area contributed by atoms with E-state index in [4.69, 9.17) is 25.8 Å². The molecular formula is C49H59ClN6O8S. The average molecular weight is 928 g/mol. The van der Waals surface area contributed by atoms with Gasteiger partial charge < -0.3 is 40.2 Å². The Labute approximate surface area is 390 Å². The van der Waals surface area contributed by atoms with Crippen LogP contribution in [0.25, 0.3) is 10.4 Å². The number of aliphatic hydroxyl groups excluding tert-OH is 1. The van der Waals surface area contributed by atoms with Gasteiger partial charge in [-0.15, -0.1) is 11.3 Å².